The molecule has 0 saturated heterocycles. The number of nitrogens with zero attached hydrogens (tertiary/aromatic N) is 3. The van der Waals surface area contributed by atoms with Gasteiger partial charge < -0.3 is 9.64 Å². The zero-order chi connectivity index (χ0) is 16.5. The van der Waals surface area contributed by atoms with Gasteiger partial charge >= 0.3 is 5.97 Å². The van der Waals surface area contributed by atoms with E-state index in [1.165, 1.54) is 29.4 Å². The molecule has 0 atom stereocenters. The van der Waals surface area contributed by atoms with E-state index in [2.05, 4.69) is 4.98 Å². The SMILES string of the molecule is N#CCCN(C(=O)COC(=O)c1ccncc1)c1ccccc1. The Morgan fingerprint density at radius 3 is 2.48 bits per heavy atom. The fraction of sp³-hybridized carbons (Fsp3) is 0.176. The number of nitriles is 1. The van der Waals surface area contributed by atoms with Crippen LogP contribution in [0.2, 0.25) is 0 Å². The van der Waals surface area contributed by atoms with Gasteiger partial charge in [0.25, 0.3) is 5.91 Å². The van der Waals surface area contributed by atoms with Crippen molar-refractivity contribution in [2.24, 2.45) is 0 Å². The van der Waals surface area contributed by atoms with E-state index < -0.39 is 5.97 Å². The zero-order valence-corrected chi connectivity index (χ0v) is 12.4. The van der Waals surface area contributed by atoms with E-state index in [0.717, 1.165) is 0 Å². The second-order valence-corrected chi connectivity index (χ2v) is 4.60. The Morgan fingerprint density at radius 2 is 1.83 bits per heavy atom. The molecule has 0 aliphatic heterocycles. The number of rotatable bonds is 6. The van der Waals surface area contributed by atoms with Gasteiger partial charge in [-0.25, -0.2) is 4.79 Å². The number of pyridine rings is 1. The third-order valence-electron chi connectivity index (χ3n) is 3.06. The molecule has 0 N–H and O–H groups in total. The summed E-state index contributed by atoms with van der Waals surface area (Å²) in [5.41, 5.74) is 0.990. The monoisotopic (exact) mass is 309 g/mol. The van der Waals surface area contributed by atoms with E-state index in [9.17, 15) is 9.59 Å². The molecule has 23 heavy (non-hydrogen) atoms. The lowest BCUT2D eigenvalue weighted by Crippen LogP contribution is -2.35. The molecule has 6 nitrogen and oxygen atoms in total. The smallest absolute Gasteiger partial charge is 0.338 e. The summed E-state index contributed by atoms with van der Waals surface area (Å²) in [5, 5.41) is 8.73. The van der Waals surface area contributed by atoms with Crippen LogP contribution in [0.5, 0.6) is 0 Å². The van der Waals surface area contributed by atoms with Crippen LogP contribution in [0.15, 0.2) is 54.9 Å². The number of carbonyl (C=O) groups is 2. The van der Waals surface area contributed by atoms with Crippen molar-refractivity contribution < 1.29 is 14.3 Å². The highest BCUT2D eigenvalue weighted by molar-refractivity contribution is 5.97. The van der Waals surface area contributed by atoms with Gasteiger partial charge in [0.1, 0.15) is 0 Å². The van der Waals surface area contributed by atoms with Crippen molar-refractivity contribution in [1.29, 1.82) is 5.26 Å². The molecule has 0 aliphatic carbocycles. The molecule has 0 fully saturated rings. The fourth-order valence-electron chi connectivity index (χ4n) is 1.94. The first kappa shape index (κ1) is 16.2. The van der Waals surface area contributed by atoms with Gasteiger partial charge in [-0.2, -0.15) is 5.26 Å². The Hall–Kier alpha value is -3.20. The van der Waals surface area contributed by atoms with Gasteiger partial charge in [0, 0.05) is 24.6 Å². The minimum atomic E-state index is -0.589. The molecule has 1 heterocycles. The molecule has 2 aromatic rings. The maximum Gasteiger partial charge on any atom is 0.338 e. The van der Waals surface area contributed by atoms with Crippen molar-refractivity contribution in [1.82, 2.24) is 4.98 Å². The van der Waals surface area contributed by atoms with Crippen molar-refractivity contribution >= 4 is 17.6 Å². The van der Waals surface area contributed by atoms with E-state index in [1.807, 2.05) is 12.1 Å². The summed E-state index contributed by atoms with van der Waals surface area (Å²) in [6, 6.07) is 14.0. The summed E-state index contributed by atoms with van der Waals surface area (Å²) in [5.74, 6) is -0.970. The minimum absolute atomic E-state index is 0.193. The summed E-state index contributed by atoms with van der Waals surface area (Å²) in [6.07, 6.45) is 3.14. The van der Waals surface area contributed by atoms with Gasteiger partial charge in [-0.3, -0.25) is 9.78 Å². The second kappa shape index (κ2) is 8.29. The standard InChI is InChI=1S/C17H15N3O3/c18-9-4-12-20(15-5-2-1-3-6-15)16(21)13-23-17(22)14-7-10-19-11-8-14/h1-3,5-8,10-11H,4,12-13H2. The Labute approximate surface area is 133 Å². The number of hydrogen-bond acceptors (Lipinski definition) is 5. The van der Waals surface area contributed by atoms with E-state index >= 15 is 0 Å². The number of carbonyl (C=O) groups excluding carboxylic acids is 2. The zero-order valence-electron chi connectivity index (χ0n) is 12.4. The largest absolute Gasteiger partial charge is 0.452 e. The van der Waals surface area contributed by atoms with Crippen molar-refractivity contribution in [3.05, 3.63) is 60.4 Å². The first-order valence-corrected chi connectivity index (χ1v) is 7.02. The Kier molecular flexibility index (Phi) is 5.83. The number of aromatic nitrogens is 1. The lowest BCUT2D eigenvalue weighted by molar-refractivity contribution is -0.121. The average molecular weight is 309 g/mol. The number of ether oxygens (including phenoxy) is 1. The lowest BCUT2D eigenvalue weighted by Gasteiger charge is -2.21. The van der Waals surface area contributed by atoms with Crippen LogP contribution in [0.3, 0.4) is 0 Å². The van der Waals surface area contributed by atoms with E-state index in [0.29, 0.717) is 11.3 Å². The van der Waals surface area contributed by atoms with Crippen LogP contribution >= 0.6 is 0 Å². The molecule has 1 aromatic carbocycles. The maximum atomic E-state index is 12.3. The minimum Gasteiger partial charge on any atom is -0.452 e. The topological polar surface area (TPSA) is 83.3 Å². The van der Waals surface area contributed by atoms with Crippen LogP contribution < -0.4 is 4.90 Å². The molecule has 0 bridgehead atoms. The summed E-state index contributed by atoms with van der Waals surface area (Å²) in [7, 11) is 0. The number of esters is 1. The highest BCUT2D eigenvalue weighted by Gasteiger charge is 2.17. The van der Waals surface area contributed by atoms with E-state index in [4.69, 9.17) is 10.00 Å². The molecule has 0 aliphatic rings. The molecule has 0 spiro atoms. The second-order valence-electron chi connectivity index (χ2n) is 4.60. The van der Waals surface area contributed by atoms with Gasteiger partial charge in [0.2, 0.25) is 0 Å². The molecular weight excluding hydrogens is 294 g/mol. The average Bonchev–Trinajstić information content (AvgIpc) is 2.61. The predicted molar refractivity (Wildman–Crippen MR) is 83.5 cm³/mol. The molecule has 1 amide bonds. The lowest BCUT2D eigenvalue weighted by atomic mass is 10.2. The predicted octanol–water partition coefficient (Wildman–Crippen LogP) is 2.19. The molecule has 2 rings (SSSR count). The first-order chi connectivity index (χ1) is 11.2. The Bertz CT molecular complexity index is 696. The number of hydrogen-bond donors (Lipinski definition) is 0. The summed E-state index contributed by atoms with van der Waals surface area (Å²) >= 11 is 0. The van der Waals surface area contributed by atoms with E-state index in [-0.39, 0.29) is 25.5 Å². The van der Waals surface area contributed by atoms with Gasteiger partial charge in [-0.05, 0) is 24.3 Å². The number of amides is 1. The Morgan fingerprint density at radius 1 is 1.13 bits per heavy atom. The number of para-hydroxylation sites is 1. The van der Waals surface area contributed by atoms with Crippen LogP contribution in [-0.4, -0.2) is 30.0 Å². The molecule has 1 aromatic heterocycles. The van der Waals surface area contributed by atoms with Crippen LogP contribution in [0.1, 0.15) is 16.8 Å². The Balaban J connectivity index is 2.01. The van der Waals surface area contributed by atoms with Crippen LogP contribution in [0.4, 0.5) is 5.69 Å². The van der Waals surface area contributed by atoms with Crippen molar-refractivity contribution in [3.63, 3.8) is 0 Å². The summed E-state index contributed by atoms with van der Waals surface area (Å²) in [6.45, 7) is -0.145. The highest BCUT2D eigenvalue weighted by atomic mass is 16.5. The fourth-order valence-corrected chi connectivity index (χ4v) is 1.94. The number of benzene rings is 1. The quantitative estimate of drug-likeness (QED) is 0.764. The highest BCUT2D eigenvalue weighted by Crippen LogP contribution is 2.14. The van der Waals surface area contributed by atoms with Gasteiger partial charge in [-0.15, -0.1) is 0 Å². The first-order valence-electron chi connectivity index (χ1n) is 7.02. The molecule has 0 unspecified atom stereocenters. The van der Waals surface area contributed by atoms with Crippen molar-refractivity contribution in [2.75, 3.05) is 18.1 Å². The van der Waals surface area contributed by atoms with Crippen molar-refractivity contribution in [2.45, 2.75) is 6.42 Å². The summed E-state index contributed by atoms with van der Waals surface area (Å²) in [4.78, 5) is 29.4. The molecule has 0 saturated carbocycles. The van der Waals surface area contributed by atoms with E-state index in [1.54, 1.807) is 24.3 Å². The molecular formula is C17H15N3O3. The molecule has 0 radical (unpaired) electrons. The van der Waals surface area contributed by atoms with Crippen LogP contribution in [0, 0.1) is 11.3 Å². The van der Waals surface area contributed by atoms with Gasteiger partial charge in [0.05, 0.1) is 18.1 Å². The van der Waals surface area contributed by atoms with Crippen LogP contribution in [-0.2, 0) is 9.53 Å². The maximum absolute atomic E-state index is 12.3. The molecule has 116 valence electrons. The van der Waals surface area contributed by atoms with Gasteiger partial charge in [0.15, 0.2) is 6.61 Å². The van der Waals surface area contributed by atoms with Gasteiger partial charge in [-0.1, -0.05) is 18.2 Å². The number of anilines is 1. The third kappa shape index (κ3) is 4.64. The summed E-state index contributed by atoms with van der Waals surface area (Å²) < 4.78 is 5.03. The van der Waals surface area contributed by atoms with Crippen LogP contribution in [0.25, 0.3) is 0 Å². The third-order valence-corrected chi connectivity index (χ3v) is 3.06. The normalized spacial score (nSPS) is 9.70. The van der Waals surface area contributed by atoms with Crippen molar-refractivity contribution in [3.8, 4) is 6.07 Å². The molecule has 6 heteroatoms.